The number of hydrogen-bond acceptors (Lipinski definition) is 4. The zero-order valence-corrected chi connectivity index (χ0v) is 13.4. The molecular formula is C14H18ClN5O. The van der Waals surface area contributed by atoms with Crippen LogP contribution in [-0.2, 0) is 19.0 Å². The van der Waals surface area contributed by atoms with Gasteiger partial charge < -0.3 is 9.09 Å². The van der Waals surface area contributed by atoms with Crippen LogP contribution in [0.3, 0.4) is 0 Å². The lowest BCUT2D eigenvalue weighted by Gasteiger charge is -2.09. The maximum atomic E-state index is 6.08. The first-order valence-electron chi connectivity index (χ1n) is 6.97. The van der Waals surface area contributed by atoms with Crippen LogP contribution in [0.2, 0.25) is 0 Å². The van der Waals surface area contributed by atoms with E-state index in [1.165, 1.54) is 0 Å². The number of nitrogens with zero attached hydrogens (tertiary/aromatic N) is 5. The van der Waals surface area contributed by atoms with Gasteiger partial charge in [0.25, 0.3) is 0 Å². The topological polar surface area (TPSA) is 61.7 Å². The molecule has 0 aliphatic rings. The van der Waals surface area contributed by atoms with Crippen LogP contribution < -0.4 is 0 Å². The minimum atomic E-state index is 0.362. The Labute approximate surface area is 127 Å². The molecule has 3 rings (SSSR count). The van der Waals surface area contributed by atoms with Gasteiger partial charge >= 0.3 is 0 Å². The molecule has 7 heteroatoms. The molecule has 0 spiro atoms. The average molecular weight is 308 g/mol. The highest BCUT2D eigenvalue weighted by Gasteiger charge is 2.20. The molecule has 3 aromatic rings. The molecule has 0 saturated heterocycles. The molecule has 3 aromatic heterocycles. The van der Waals surface area contributed by atoms with E-state index in [9.17, 15) is 0 Å². The lowest BCUT2D eigenvalue weighted by Crippen LogP contribution is -2.10. The molecule has 112 valence electrons. The molecular weight excluding hydrogens is 290 g/mol. The number of aromatic nitrogens is 5. The molecule has 21 heavy (non-hydrogen) atoms. The van der Waals surface area contributed by atoms with Crippen molar-refractivity contribution in [3.8, 4) is 0 Å². The Morgan fingerprint density at radius 2 is 1.95 bits per heavy atom. The smallest absolute Gasteiger partial charge is 0.159 e. The van der Waals surface area contributed by atoms with Gasteiger partial charge in [-0.05, 0) is 27.7 Å². The summed E-state index contributed by atoms with van der Waals surface area (Å²) in [5.41, 5.74) is 4.82. The fourth-order valence-electron chi connectivity index (χ4n) is 2.64. The van der Waals surface area contributed by atoms with E-state index < -0.39 is 0 Å². The van der Waals surface area contributed by atoms with Crippen LogP contribution >= 0.6 is 11.6 Å². The quantitative estimate of drug-likeness (QED) is 0.695. The van der Waals surface area contributed by atoms with E-state index in [4.69, 9.17) is 16.1 Å². The summed E-state index contributed by atoms with van der Waals surface area (Å²) in [4.78, 5) is 4.64. The van der Waals surface area contributed by atoms with Crippen LogP contribution in [-0.4, -0.2) is 24.5 Å². The zero-order valence-electron chi connectivity index (χ0n) is 12.6. The molecule has 0 aliphatic carbocycles. The Balaban J connectivity index is 2.20. The van der Waals surface area contributed by atoms with Crippen molar-refractivity contribution >= 4 is 22.8 Å². The van der Waals surface area contributed by atoms with Gasteiger partial charge in [0.1, 0.15) is 17.1 Å². The zero-order chi connectivity index (χ0) is 15.1. The SMILES string of the molecule is CCn1nc(C)c2nc(CCl)n(Cc3c(C)noc3C)c21. The van der Waals surface area contributed by atoms with Gasteiger partial charge in [0, 0.05) is 12.1 Å². The van der Waals surface area contributed by atoms with Crippen molar-refractivity contribution < 1.29 is 4.52 Å². The Hall–Kier alpha value is -1.82. The average Bonchev–Trinajstić information content (AvgIpc) is 3.09. The third-order valence-electron chi connectivity index (χ3n) is 3.79. The van der Waals surface area contributed by atoms with E-state index in [2.05, 4.69) is 26.7 Å². The number of rotatable bonds is 4. The van der Waals surface area contributed by atoms with E-state index >= 15 is 0 Å². The molecule has 0 atom stereocenters. The predicted octanol–water partition coefficient (Wildman–Crippen LogP) is 2.95. The molecule has 0 aliphatic heterocycles. The standard InChI is InChI=1S/C14H18ClN5O/c1-5-20-14-13(9(3)17-20)16-12(6-15)19(14)7-11-8(2)18-21-10(11)4/h5-7H2,1-4H3. The number of aryl methyl sites for hydroxylation is 4. The molecule has 0 amide bonds. The van der Waals surface area contributed by atoms with Crippen LogP contribution in [0.5, 0.6) is 0 Å². The second-order valence-corrected chi connectivity index (χ2v) is 5.39. The van der Waals surface area contributed by atoms with Crippen molar-refractivity contribution in [2.24, 2.45) is 0 Å². The maximum Gasteiger partial charge on any atom is 0.159 e. The number of halogens is 1. The summed E-state index contributed by atoms with van der Waals surface area (Å²) in [6.45, 7) is 9.35. The second kappa shape index (κ2) is 5.18. The molecule has 0 aromatic carbocycles. The van der Waals surface area contributed by atoms with Crippen LogP contribution in [0.25, 0.3) is 11.2 Å². The molecule has 6 nitrogen and oxygen atoms in total. The maximum absolute atomic E-state index is 6.08. The number of alkyl halides is 1. The molecule has 0 radical (unpaired) electrons. The van der Waals surface area contributed by atoms with Crippen molar-refractivity contribution in [2.75, 3.05) is 0 Å². The van der Waals surface area contributed by atoms with Gasteiger partial charge in [-0.15, -0.1) is 11.6 Å². The highest BCUT2D eigenvalue weighted by Crippen LogP contribution is 2.24. The molecule has 0 N–H and O–H groups in total. The molecule has 0 unspecified atom stereocenters. The molecule has 0 saturated carbocycles. The Morgan fingerprint density at radius 1 is 1.19 bits per heavy atom. The van der Waals surface area contributed by atoms with Gasteiger partial charge in [-0.2, -0.15) is 5.10 Å². The van der Waals surface area contributed by atoms with Gasteiger partial charge in [0.15, 0.2) is 5.65 Å². The van der Waals surface area contributed by atoms with E-state index in [-0.39, 0.29) is 0 Å². The summed E-state index contributed by atoms with van der Waals surface area (Å²) in [5.74, 6) is 2.03. The Morgan fingerprint density at radius 3 is 2.52 bits per heavy atom. The van der Waals surface area contributed by atoms with Gasteiger partial charge in [0.05, 0.1) is 23.8 Å². The number of imidazole rings is 1. The summed E-state index contributed by atoms with van der Waals surface area (Å²) in [6.07, 6.45) is 0. The van der Waals surface area contributed by atoms with Gasteiger partial charge in [-0.1, -0.05) is 5.16 Å². The van der Waals surface area contributed by atoms with E-state index in [1.807, 2.05) is 25.5 Å². The Bertz CT molecular complexity index is 779. The second-order valence-electron chi connectivity index (χ2n) is 5.12. The highest BCUT2D eigenvalue weighted by atomic mass is 35.5. The monoisotopic (exact) mass is 307 g/mol. The van der Waals surface area contributed by atoms with Crippen molar-refractivity contribution in [1.82, 2.24) is 24.5 Å². The van der Waals surface area contributed by atoms with Crippen molar-refractivity contribution in [3.05, 3.63) is 28.5 Å². The fraction of sp³-hybridized carbons (Fsp3) is 0.500. The predicted molar refractivity (Wildman–Crippen MR) is 80.6 cm³/mol. The van der Waals surface area contributed by atoms with Crippen LogP contribution in [0, 0.1) is 20.8 Å². The lowest BCUT2D eigenvalue weighted by atomic mass is 10.2. The third kappa shape index (κ3) is 2.14. The van der Waals surface area contributed by atoms with E-state index in [1.54, 1.807) is 0 Å². The Kier molecular flexibility index (Phi) is 3.49. The van der Waals surface area contributed by atoms with Crippen LogP contribution in [0.15, 0.2) is 4.52 Å². The summed E-state index contributed by atoms with van der Waals surface area (Å²) in [6, 6.07) is 0. The normalized spacial score (nSPS) is 11.7. The van der Waals surface area contributed by atoms with E-state index in [0.29, 0.717) is 12.4 Å². The fourth-order valence-corrected chi connectivity index (χ4v) is 2.85. The largest absolute Gasteiger partial charge is 0.361 e. The van der Waals surface area contributed by atoms with Gasteiger partial charge in [-0.25, -0.2) is 9.67 Å². The van der Waals surface area contributed by atoms with Gasteiger partial charge in [-0.3, -0.25) is 0 Å². The molecule has 0 bridgehead atoms. The minimum absolute atomic E-state index is 0.362. The summed E-state index contributed by atoms with van der Waals surface area (Å²) in [5, 5.41) is 8.55. The molecule has 3 heterocycles. The first-order valence-corrected chi connectivity index (χ1v) is 7.50. The van der Waals surface area contributed by atoms with Crippen molar-refractivity contribution in [3.63, 3.8) is 0 Å². The van der Waals surface area contributed by atoms with Gasteiger partial charge in [0.2, 0.25) is 0 Å². The number of fused-ring (bicyclic) bond motifs is 1. The van der Waals surface area contributed by atoms with Crippen LogP contribution in [0.4, 0.5) is 0 Å². The minimum Gasteiger partial charge on any atom is -0.361 e. The number of hydrogen-bond donors (Lipinski definition) is 0. The van der Waals surface area contributed by atoms with Crippen molar-refractivity contribution in [1.29, 1.82) is 0 Å². The lowest BCUT2D eigenvalue weighted by molar-refractivity contribution is 0.392. The van der Waals surface area contributed by atoms with Crippen LogP contribution in [0.1, 0.15) is 35.5 Å². The first kappa shape index (κ1) is 14.1. The summed E-state index contributed by atoms with van der Waals surface area (Å²) >= 11 is 6.08. The summed E-state index contributed by atoms with van der Waals surface area (Å²) in [7, 11) is 0. The summed E-state index contributed by atoms with van der Waals surface area (Å²) < 4.78 is 9.33. The highest BCUT2D eigenvalue weighted by molar-refractivity contribution is 6.16. The third-order valence-corrected chi connectivity index (χ3v) is 4.03. The first-order chi connectivity index (χ1) is 10.1. The molecule has 0 fully saturated rings. The van der Waals surface area contributed by atoms with E-state index in [0.717, 1.165) is 46.2 Å². The van der Waals surface area contributed by atoms with Crippen molar-refractivity contribution in [2.45, 2.75) is 46.7 Å².